The number of hydrogen-bond acceptors (Lipinski definition) is 9. The summed E-state index contributed by atoms with van der Waals surface area (Å²) in [5.74, 6) is 2.99. The quantitative estimate of drug-likeness (QED) is 0.163. The number of hydrogen-bond donors (Lipinski definition) is 0. The lowest BCUT2D eigenvalue weighted by atomic mass is 9.82. The predicted octanol–water partition coefficient (Wildman–Crippen LogP) is 32.7. The molecular weight excluding hydrogens is 1680 g/mol. The Morgan fingerprint density at radius 3 is 1.04 bits per heavy atom. The number of thiophene rings is 2. The topological polar surface area (TPSA) is 105 Å². The number of aromatic nitrogens is 9. The molecule has 0 radical (unpaired) electrons. The summed E-state index contributed by atoms with van der Waals surface area (Å²) in [6.45, 7) is 14.0. The van der Waals surface area contributed by atoms with Crippen molar-refractivity contribution in [3.05, 3.63) is 416 Å². The average Bonchev–Trinajstić information content (AvgIpc) is 1.56. The van der Waals surface area contributed by atoms with Crippen molar-refractivity contribution in [2.45, 2.75) is 57.8 Å². The molecule has 0 atom stereocenters. The van der Waals surface area contributed by atoms with Crippen LogP contribution < -0.4 is 0 Å². The van der Waals surface area contributed by atoms with Gasteiger partial charge in [0, 0.05) is 96.2 Å². The Morgan fingerprint density at radius 1 is 0.237 bits per heavy atom. The van der Waals surface area contributed by atoms with E-state index >= 15 is 0 Å². The molecule has 0 N–H and O–H groups in total. The fourth-order valence-electron chi connectivity index (χ4n) is 23.2. The summed E-state index contributed by atoms with van der Waals surface area (Å²) in [7, 11) is 0. The molecule has 12 heteroatoms. The van der Waals surface area contributed by atoms with Crippen molar-refractivity contribution >= 4 is 183 Å². The van der Waals surface area contributed by atoms with Crippen LogP contribution in [0.3, 0.4) is 0 Å². The van der Waals surface area contributed by atoms with Crippen LogP contribution in [0.25, 0.3) is 245 Å². The zero-order chi connectivity index (χ0) is 89.6. The first-order chi connectivity index (χ1) is 66.2. The molecule has 30 rings (SSSR count). The van der Waals surface area contributed by atoms with Crippen molar-refractivity contribution in [2.75, 3.05) is 0 Å². The van der Waals surface area contributed by atoms with E-state index in [1.165, 1.54) is 152 Å². The summed E-state index contributed by atoms with van der Waals surface area (Å²) >= 11 is 3.50. The van der Waals surface area contributed by atoms with Gasteiger partial charge in [0.1, 0.15) is 15.2 Å². The summed E-state index contributed by atoms with van der Waals surface area (Å²) in [5.41, 5.74) is 28.6. The largest absolute Gasteiger partial charge is 0.437 e. The molecule has 18 aromatic carbocycles. The highest BCUT2D eigenvalue weighted by atomic mass is 32.1. The first-order valence-corrected chi connectivity index (χ1v) is 47.9. The minimum atomic E-state index is -0.122. The molecule has 0 bridgehead atoms. The van der Waals surface area contributed by atoms with E-state index in [2.05, 4.69) is 425 Å². The summed E-state index contributed by atoms with van der Waals surface area (Å²) in [6, 6.07) is 137. The molecule has 3 aliphatic carbocycles. The van der Waals surface area contributed by atoms with Gasteiger partial charge in [-0.25, -0.2) is 24.9 Å². The van der Waals surface area contributed by atoms with Crippen molar-refractivity contribution in [1.29, 1.82) is 0 Å². The van der Waals surface area contributed by atoms with E-state index < -0.39 is 0 Å². The SMILES string of the molecule is CC1(C)c2ccccc2-c2c(-c3nc(-n4c5ccccc5c5cc6ccccc6cc54)c4c(n3)sc3ccccc34)cccc21.CC1(C)c2ccccc2-c2c(-c3nc(-n4c5ccccc5c5cc6ccccc6cc54)nc4oc5ccccc5c34)cccc21.CC1(C)c2ccccc2-c2c(-c3nc(-n4c5ccccc5c5cc6ccccc6cc54)nc4sc5ccccc5c34)cccc21. The smallest absolute Gasteiger partial charge is 0.238 e. The third-order valence-corrected chi connectivity index (χ3v) is 31.6. The maximum Gasteiger partial charge on any atom is 0.238 e. The first kappa shape index (κ1) is 77.4. The summed E-state index contributed by atoms with van der Waals surface area (Å²) < 4.78 is 15.8. The zero-order valence-electron chi connectivity index (χ0n) is 74.6. The van der Waals surface area contributed by atoms with Crippen LogP contribution in [0.5, 0.6) is 0 Å². The molecule has 0 aliphatic heterocycles. The van der Waals surface area contributed by atoms with E-state index in [1.807, 2.05) is 12.1 Å². The maximum atomic E-state index is 6.51. The van der Waals surface area contributed by atoms with Crippen LogP contribution in [0.2, 0.25) is 0 Å². The normalized spacial score (nSPS) is 13.7. The Morgan fingerprint density at radius 2 is 0.570 bits per heavy atom. The highest BCUT2D eigenvalue weighted by molar-refractivity contribution is 7.26. The zero-order valence-corrected chi connectivity index (χ0v) is 76.3. The fourth-order valence-corrected chi connectivity index (χ4v) is 25.3. The van der Waals surface area contributed by atoms with E-state index in [0.717, 1.165) is 110 Å². The van der Waals surface area contributed by atoms with Crippen molar-refractivity contribution in [3.63, 3.8) is 0 Å². The minimum Gasteiger partial charge on any atom is -0.437 e. The van der Waals surface area contributed by atoms with Crippen molar-refractivity contribution < 1.29 is 4.42 Å². The van der Waals surface area contributed by atoms with Gasteiger partial charge in [0.05, 0.1) is 55.3 Å². The molecule has 27 aromatic rings. The molecule has 0 saturated carbocycles. The van der Waals surface area contributed by atoms with E-state index in [1.54, 1.807) is 22.7 Å². The van der Waals surface area contributed by atoms with Crippen LogP contribution in [0.15, 0.2) is 387 Å². The Labute approximate surface area is 783 Å². The van der Waals surface area contributed by atoms with E-state index in [9.17, 15) is 0 Å². The number of benzene rings is 18. The Balaban J connectivity index is 0.000000101. The Kier molecular flexibility index (Phi) is 16.5. The highest BCUT2D eigenvalue weighted by Gasteiger charge is 2.42. The number of nitrogens with zero attached hydrogens (tertiary/aromatic N) is 9. The van der Waals surface area contributed by atoms with Crippen LogP contribution >= 0.6 is 22.7 Å². The van der Waals surface area contributed by atoms with Gasteiger partial charge in [-0.05, 0) is 172 Å². The van der Waals surface area contributed by atoms with Crippen molar-refractivity contribution in [2.24, 2.45) is 0 Å². The van der Waals surface area contributed by atoms with Gasteiger partial charge in [-0.2, -0.15) is 4.98 Å². The first-order valence-electron chi connectivity index (χ1n) is 46.3. The maximum absolute atomic E-state index is 6.51. The van der Waals surface area contributed by atoms with Crippen LogP contribution in [-0.2, 0) is 16.2 Å². The summed E-state index contributed by atoms with van der Waals surface area (Å²) in [4.78, 5) is 34.6. The third-order valence-electron chi connectivity index (χ3n) is 29.5. The van der Waals surface area contributed by atoms with Gasteiger partial charge >= 0.3 is 0 Å². The van der Waals surface area contributed by atoms with E-state index in [4.69, 9.17) is 34.3 Å². The standard InChI is InChI=1S/C41H27N3O.2C41H27N3S/c1-41(2)31-18-8-5-15-27(31)36-29(17-11-19-32(36)41)38-37-28-16-7-10-21-35(28)45-39(37)43-40(42-38)44-33-20-9-6-14-26(33)30-22-24-12-3-4-13-25(24)23-34(30)44;1-41(2)31-18-8-5-15-27(31)36-29(17-11-19-32(36)41)38-42-39(37-28-16-7-10-21-35(28)45-40(37)43-38)44-33-20-9-6-14-26(33)30-22-24-12-3-4-13-25(24)23-34(30)44;1-41(2)31-18-8-5-15-27(31)36-29(17-11-19-32(36)41)38-37-28-16-7-10-21-35(28)45-39(37)43-40(42-38)44-33-20-9-6-14-26(33)30-22-24-12-3-4-13-25(24)23-34(30)44/h3*3-23H,1-2H3. The van der Waals surface area contributed by atoms with E-state index in [-0.39, 0.29) is 16.2 Å². The molecule has 10 nitrogen and oxygen atoms in total. The van der Waals surface area contributed by atoms with Crippen LogP contribution in [0.4, 0.5) is 0 Å². The lowest BCUT2D eigenvalue weighted by Crippen LogP contribution is -2.14. The molecule has 636 valence electrons. The second-order valence-electron chi connectivity index (χ2n) is 37.9. The summed E-state index contributed by atoms with van der Waals surface area (Å²) in [6.07, 6.45) is 0. The monoisotopic (exact) mass is 1760 g/mol. The van der Waals surface area contributed by atoms with Gasteiger partial charge in [0.15, 0.2) is 11.6 Å². The molecule has 0 spiro atoms. The number of fused-ring (bicyclic) bond motifs is 30. The van der Waals surface area contributed by atoms with E-state index in [0.29, 0.717) is 17.6 Å². The lowest BCUT2D eigenvalue weighted by molar-refractivity contribution is 0.651. The molecule has 3 aliphatic rings. The molecule has 9 aromatic heterocycles. The lowest BCUT2D eigenvalue weighted by Gasteiger charge is -2.21. The molecule has 135 heavy (non-hydrogen) atoms. The fraction of sp³-hybridized carbons (Fsp3) is 0.0732. The van der Waals surface area contributed by atoms with Crippen LogP contribution in [0, 0.1) is 0 Å². The summed E-state index contributed by atoms with van der Waals surface area (Å²) in [5, 5.41) is 21.1. The minimum absolute atomic E-state index is 0.0957. The number of para-hydroxylation sites is 4. The van der Waals surface area contributed by atoms with Gasteiger partial charge < -0.3 is 4.42 Å². The molecular formula is C123H81N9OS2. The number of rotatable bonds is 6. The predicted molar refractivity (Wildman–Crippen MR) is 564 cm³/mol. The van der Waals surface area contributed by atoms with Gasteiger partial charge in [-0.3, -0.25) is 13.7 Å². The van der Waals surface area contributed by atoms with Gasteiger partial charge in [-0.1, -0.05) is 351 Å². The molecule has 0 fully saturated rings. The molecule has 0 saturated heterocycles. The second-order valence-corrected chi connectivity index (χ2v) is 39.9. The third kappa shape index (κ3) is 11.3. The van der Waals surface area contributed by atoms with Crippen LogP contribution in [0.1, 0.15) is 74.9 Å². The van der Waals surface area contributed by atoms with Crippen LogP contribution in [-0.4, -0.2) is 43.6 Å². The molecule has 0 unspecified atom stereocenters. The van der Waals surface area contributed by atoms with Gasteiger partial charge in [0.2, 0.25) is 17.6 Å². The molecule has 9 heterocycles. The number of furan rings is 1. The highest BCUT2D eigenvalue weighted by Crippen LogP contribution is 2.58. The Bertz CT molecular complexity index is 9480. The van der Waals surface area contributed by atoms with Crippen molar-refractivity contribution in [1.82, 2.24) is 43.6 Å². The van der Waals surface area contributed by atoms with Crippen molar-refractivity contribution in [3.8, 4) is 85.0 Å². The average molecular weight is 1770 g/mol. The van der Waals surface area contributed by atoms with Gasteiger partial charge in [0.25, 0.3) is 0 Å². The van der Waals surface area contributed by atoms with Gasteiger partial charge in [-0.15, -0.1) is 22.7 Å². The second kappa shape index (κ2) is 28.8. The molecule has 0 amide bonds. The Hall–Kier alpha value is -16.4.